The lowest BCUT2D eigenvalue weighted by molar-refractivity contribution is -0.133. The minimum atomic E-state index is -0.353. The molecule has 1 saturated heterocycles. The van der Waals surface area contributed by atoms with Crippen LogP contribution in [0, 0.1) is 5.41 Å². The molecular formula is C22H28N4O2. The Labute approximate surface area is 165 Å². The van der Waals surface area contributed by atoms with E-state index in [1.54, 1.807) is 0 Å². The monoisotopic (exact) mass is 380 g/mol. The van der Waals surface area contributed by atoms with E-state index in [4.69, 9.17) is 4.42 Å². The highest BCUT2D eigenvalue weighted by Crippen LogP contribution is 2.53. The van der Waals surface area contributed by atoms with Gasteiger partial charge < -0.3 is 14.6 Å². The summed E-state index contributed by atoms with van der Waals surface area (Å²) in [6.45, 7) is 3.63. The van der Waals surface area contributed by atoms with Crippen LogP contribution >= 0.6 is 0 Å². The van der Waals surface area contributed by atoms with Crippen LogP contribution < -0.4 is 5.32 Å². The Hall–Kier alpha value is -2.37. The van der Waals surface area contributed by atoms with Crippen LogP contribution in [0.4, 0.5) is 6.01 Å². The molecule has 5 rings (SSSR count). The van der Waals surface area contributed by atoms with Crippen LogP contribution in [0.1, 0.15) is 62.0 Å². The highest BCUT2D eigenvalue weighted by Gasteiger charge is 2.45. The average Bonchev–Trinajstić information content (AvgIpc) is 3.13. The summed E-state index contributed by atoms with van der Waals surface area (Å²) in [5.74, 6) is 1.20. The minimum absolute atomic E-state index is 0.125. The predicted octanol–water partition coefficient (Wildman–Crippen LogP) is 3.55. The van der Waals surface area contributed by atoms with E-state index in [2.05, 4.69) is 39.8 Å². The molecule has 1 saturated carbocycles. The number of hydrogen-bond donors (Lipinski definition) is 1. The Morgan fingerprint density at radius 3 is 2.82 bits per heavy atom. The number of piperidine rings is 1. The van der Waals surface area contributed by atoms with Crippen molar-refractivity contribution in [3.8, 4) is 0 Å². The quantitative estimate of drug-likeness (QED) is 0.859. The highest BCUT2D eigenvalue weighted by molar-refractivity contribution is 5.83. The van der Waals surface area contributed by atoms with Gasteiger partial charge in [0.05, 0.1) is 0 Å². The van der Waals surface area contributed by atoms with Gasteiger partial charge in [-0.3, -0.25) is 4.79 Å². The maximum absolute atomic E-state index is 12.7. The second-order valence-corrected chi connectivity index (χ2v) is 8.83. The third-order valence-electron chi connectivity index (χ3n) is 6.95. The lowest BCUT2D eigenvalue weighted by Crippen LogP contribution is -2.45. The van der Waals surface area contributed by atoms with E-state index in [9.17, 15) is 4.79 Å². The van der Waals surface area contributed by atoms with Crippen LogP contribution in [-0.4, -0.2) is 40.1 Å². The Kier molecular flexibility index (Phi) is 4.37. The van der Waals surface area contributed by atoms with Crippen molar-refractivity contribution in [1.29, 1.82) is 0 Å². The van der Waals surface area contributed by atoms with Gasteiger partial charge in [0.15, 0.2) is 0 Å². The fourth-order valence-electron chi connectivity index (χ4n) is 4.86. The van der Waals surface area contributed by atoms with Crippen molar-refractivity contribution in [2.75, 3.05) is 18.4 Å². The lowest BCUT2D eigenvalue weighted by Gasteiger charge is -2.33. The number of carbonyl (C=O) groups is 1. The van der Waals surface area contributed by atoms with E-state index in [1.807, 2.05) is 11.8 Å². The first kappa shape index (κ1) is 17.7. The Balaban J connectivity index is 1.17. The molecule has 2 fully saturated rings. The van der Waals surface area contributed by atoms with Crippen molar-refractivity contribution in [3.63, 3.8) is 0 Å². The van der Waals surface area contributed by atoms with E-state index in [0.29, 0.717) is 23.2 Å². The van der Waals surface area contributed by atoms with E-state index in [-0.39, 0.29) is 11.9 Å². The summed E-state index contributed by atoms with van der Waals surface area (Å²) in [5, 5.41) is 11.4. The third kappa shape index (κ3) is 3.40. The number of aromatic nitrogens is 2. The number of nitrogens with zero attached hydrogens (tertiary/aromatic N) is 3. The van der Waals surface area contributed by atoms with E-state index in [1.165, 1.54) is 24.0 Å². The molecule has 0 radical (unpaired) electrons. The molecule has 2 aromatic rings. The molecule has 1 spiro atoms. The molecule has 0 bridgehead atoms. The van der Waals surface area contributed by atoms with Crippen LogP contribution in [0.5, 0.6) is 0 Å². The van der Waals surface area contributed by atoms with Gasteiger partial charge in [-0.15, -0.1) is 5.10 Å². The molecule has 28 heavy (non-hydrogen) atoms. The minimum Gasteiger partial charge on any atom is -0.408 e. The summed E-state index contributed by atoms with van der Waals surface area (Å²) in [7, 11) is 0. The molecule has 0 unspecified atom stereocenters. The van der Waals surface area contributed by atoms with Crippen LogP contribution in [0.3, 0.4) is 0 Å². The number of likely N-dealkylation sites (tertiary alicyclic amines) is 1. The number of carbonyl (C=O) groups excluding carboxylic acids is 1. The lowest BCUT2D eigenvalue weighted by atomic mass is 9.93. The predicted molar refractivity (Wildman–Crippen MR) is 106 cm³/mol. The van der Waals surface area contributed by atoms with Gasteiger partial charge in [0.25, 0.3) is 0 Å². The van der Waals surface area contributed by atoms with Gasteiger partial charge in [-0.1, -0.05) is 29.4 Å². The van der Waals surface area contributed by atoms with Crippen molar-refractivity contribution in [1.82, 2.24) is 15.1 Å². The van der Waals surface area contributed by atoms with E-state index < -0.39 is 0 Å². The first-order valence-electron chi connectivity index (χ1n) is 10.6. The molecule has 2 atom stereocenters. The number of rotatable bonds is 5. The van der Waals surface area contributed by atoms with Gasteiger partial charge in [-0.05, 0) is 67.9 Å². The van der Waals surface area contributed by atoms with Crippen LogP contribution in [0.25, 0.3) is 0 Å². The van der Waals surface area contributed by atoms with Gasteiger partial charge in [0, 0.05) is 19.5 Å². The Morgan fingerprint density at radius 2 is 2.04 bits per heavy atom. The molecule has 1 aromatic carbocycles. The zero-order valence-corrected chi connectivity index (χ0v) is 16.5. The fraction of sp³-hybridized carbons (Fsp3) is 0.591. The summed E-state index contributed by atoms with van der Waals surface area (Å²) in [5.41, 5.74) is 3.41. The molecule has 2 heterocycles. The smallest absolute Gasteiger partial charge is 0.316 e. The molecule has 1 aliphatic heterocycles. The molecule has 3 aliphatic rings. The molecule has 148 valence electrons. The van der Waals surface area contributed by atoms with E-state index in [0.717, 1.165) is 45.2 Å². The summed E-state index contributed by atoms with van der Waals surface area (Å²) in [4.78, 5) is 14.7. The highest BCUT2D eigenvalue weighted by atomic mass is 16.4. The topological polar surface area (TPSA) is 71.3 Å². The fourth-order valence-corrected chi connectivity index (χ4v) is 4.86. The zero-order chi connectivity index (χ0) is 19.1. The number of fused-ring (bicyclic) bond motifs is 1. The van der Waals surface area contributed by atoms with Crippen molar-refractivity contribution >= 4 is 11.9 Å². The number of anilines is 1. The Morgan fingerprint density at radius 1 is 1.25 bits per heavy atom. The zero-order valence-electron chi connectivity index (χ0n) is 16.5. The van der Waals surface area contributed by atoms with Crippen molar-refractivity contribution in [2.24, 2.45) is 5.41 Å². The number of amides is 1. The molecule has 1 N–H and O–H groups in total. The normalized spacial score (nSPS) is 23.5. The number of benzene rings is 1. The second-order valence-electron chi connectivity index (χ2n) is 8.83. The summed E-state index contributed by atoms with van der Waals surface area (Å²) < 4.78 is 5.81. The van der Waals surface area contributed by atoms with Crippen molar-refractivity contribution < 1.29 is 9.21 Å². The van der Waals surface area contributed by atoms with Crippen LogP contribution in [0.15, 0.2) is 28.7 Å². The van der Waals surface area contributed by atoms with Crippen molar-refractivity contribution in [2.45, 2.75) is 63.8 Å². The largest absolute Gasteiger partial charge is 0.408 e. The molecule has 2 aliphatic carbocycles. The molecular weight excluding hydrogens is 352 g/mol. The maximum Gasteiger partial charge on any atom is 0.316 e. The summed E-state index contributed by atoms with van der Waals surface area (Å²) in [6, 6.07) is 8.59. The van der Waals surface area contributed by atoms with Crippen LogP contribution in [0.2, 0.25) is 0 Å². The van der Waals surface area contributed by atoms with Gasteiger partial charge >= 0.3 is 6.01 Å². The van der Waals surface area contributed by atoms with E-state index >= 15 is 0 Å². The van der Waals surface area contributed by atoms with Gasteiger partial charge in [-0.25, -0.2) is 0 Å². The number of hydrogen-bond acceptors (Lipinski definition) is 5. The van der Waals surface area contributed by atoms with Crippen molar-refractivity contribution in [3.05, 3.63) is 41.3 Å². The van der Waals surface area contributed by atoms with Crippen LogP contribution in [-0.2, 0) is 17.6 Å². The molecule has 6 nitrogen and oxygen atoms in total. The average molecular weight is 380 g/mol. The molecule has 6 heteroatoms. The van der Waals surface area contributed by atoms with Gasteiger partial charge in [-0.2, -0.15) is 0 Å². The summed E-state index contributed by atoms with van der Waals surface area (Å²) in [6.07, 6.45) is 7.98. The standard InChI is InChI=1S/C22H28N4O2/c1-15(20(27)26-12-10-22(8-9-22)11-13-26)23-21-25-24-19(28-21)14-17-7-6-16-4-2-3-5-18(16)17/h2-5,15,17H,6-14H2,1H3,(H,23,25)/t15-,17-/m1/s1. The SMILES string of the molecule is C[C@@H](Nc1nnc(C[C@H]2CCc3ccccc32)o1)C(=O)N1CCC2(CC1)CC2. The Bertz CT molecular complexity index is 863. The number of aryl methyl sites for hydroxylation is 1. The second kappa shape index (κ2) is 6.90. The maximum atomic E-state index is 12.7. The number of nitrogens with one attached hydrogen (secondary N) is 1. The first-order chi connectivity index (χ1) is 13.6. The molecule has 1 amide bonds. The van der Waals surface area contributed by atoms with Gasteiger partial charge in [0.1, 0.15) is 6.04 Å². The third-order valence-corrected chi connectivity index (χ3v) is 6.95. The molecule has 1 aromatic heterocycles. The summed E-state index contributed by atoms with van der Waals surface area (Å²) >= 11 is 0. The first-order valence-corrected chi connectivity index (χ1v) is 10.6. The van der Waals surface area contributed by atoms with Gasteiger partial charge in [0.2, 0.25) is 11.8 Å².